The normalized spacial score (nSPS) is 18.7. The monoisotopic (exact) mass is 516 g/mol. The van der Waals surface area contributed by atoms with Gasteiger partial charge in [-0.1, -0.05) is 92.7 Å². The molecule has 1 saturated heterocycles. The van der Waals surface area contributed by atoms with Crippen molar-refractivity contribution in [3.8, 4) is 5.75 Å². The van der Waals surface area contributed by atoms with Crippen LogP contribution in [0.4, 0.5) is 0 Å². The first-order valence-corrected chi connectivity index (χ1v) is 13.1. The van der Waals surface area contributed by atoms with E-state index in [4.69, 9.17) is 9.47 Å². The predicted octanol–water partition coefficient (Wildman–Crippen LogP) is 3.30. The van der Waals surface area contributed by atoms with Crippen LogP contribution in [-0.4, -0.2) is 53.9 Å². The van der Waals surface area contributed by atoms with Gasteiger partial charge in [0.1, 0.15) is 24.0 Å². The summed E-state index contributed by atoms with van der Waals surface area (Å²) in [6.45, 7) is 3.53. The molecule has 5 atom stereocenters. The summed E-state index contributed by atoms with van der Waals surface area (Å²) in [6, 6.07) is 27.4. The van der Waals surface area contributed by atoms with Crippen LogP contribution < -0.4 is 15.4 Å². The highest BCUT2D eigenvalue weighted by atomic mass is 16.6. The number of rotatable bonds is 13. The lowest BCUT2D eigenvalue weighted by Gasteiger charge is -2.28. The van der Waals surface area contributed by atoms with Gasteiger partial charge in [0.15, 0.2) is 6.61 Å². The fraction of sp³-hybridized carbons (Fsp3) is 0.355. The number of aliphatic hydroxyl groups excluding tert-OH is 1. The lowest BCUT2D eigenvalue weighted by Crippen LogP contribution is -2.56. The van der Waals surface area contributed by atoms with Crippen LogP contribution in [-0.2, 0) is 27.2 Å². The molecule has 1 fully saturated rings. The van der Waals surface area contributed by atoms with Crippen LogP contribution in [0.25, 0.3) is 0 Å². The first kappa shape index (κ1) is 27.4. The third kappa shape index (κ3) is 7.91. The van der Waals surface area contributed by atoms with Crippen molar-refractivity contribution >= 4 is 11.8 Å². The van der Waals surface area contributed by atoms with E-state index in [9.17, 15) is 14.7 Å². The van der Waals surface area contributed by atoms with Crippen molar-refractivity contribution in [3.05, 3.63) is 102 Å². The van der Waals surface area contributed by atoms with Crippen LogP contribution in [0, 0.1) is 5.92 Å². The van der Waals surface area contributed by atoms with Gasteiger partial charge in [0.2, 0.25) is 5.91 Å². The highest BCUT2D eigenvalue weighted by Gasteiger charge is 2.47. The zero-order valence-corrected chi connectivity index (χ0v) is 21.8. The minimum Gasteiger partial charge on any atom is -0.484 e. The quantitative estimate of drug-likeness (QED) is 0.303. The summed E-state index contributed by atoms with van der Waals surface area (Å²) in [5.74, 6) is -0.341. The molecular formula is C31H36N2O5. The third-order valence-corrected chi connectivity index (χ3v) is 6.66. The number of amides is 2. The van der Waals surface area contributed by atoms with E-state index in [1.54, 1.807) is 12.1 Å². The maximum atomic E-state index is 13.4. The molecule has 0 radical (unpaired) electrons. The number of para-hydroxylation sites is 1. The molecule has 1 aliphatic rings. The largest absolute Gasteiger partial charge is 0.484 e. The highest BCUT2D eigenvalue weighted by molar-refractivity contribution is 5.88. The number of aliphatic hydroxyl groups is 1. The number of hydrogen-bond donors (Lipinski definition) is 3. The van der Waals surface area contributed by atoms with Gasteiger partial charge >= 0.3 is 0 Å². The second kappa shape index (κ2) is 13.2. The second-order valence-electron chi connectivity index (χ2n) is 10.0. The topological polar surface area (TPSA) is 100 Å². The molecule has 3 aromatic carbocycles. The summed E-state index contributed by atoms with van der Waals surface area (Å²) >= 11 is 0. The Morgan fingerprint density at radius 2 is 1.45 bits per heavy atom. The first-order chi connectivity index (χ1) is 18.4. The van der Waals surface area contributed by atoms with E-state index in [0.717, 1.165) is 11.1 Å². The lowest BCUT2D eigenvalue weighted by atomic mass is 9.95. The Balaban J connectivity index is 1.39. The summed E-state index contributed by atoms with van der Waals surface area (Å²) in [4.78, 5) is 26.0. The summed E-state index contributed by atoms with van der Waals surface area (Å²) < 4.78 is 11.4. The van der Waals surface area contributed by atoms with Crippen LogP contribution in [0.5, 0.6) is 5.75 Å². The molecule has 200 valence electrons. The molecule has 1 aliphatic heterocycles. The number of carbonyl (C=O) groups is 2. The minimum atomic E-state index is -0.905. The zero-order valence-electron chi connectivity index (χ0n) is 21.8. The van der Waals surface area contributed by atoms with Gasteiger partial charge in [-0.25, -0.2) is 0 Å². The maximum absolute atomic E-state index is 13.4. The van der Waals surface area contributed by atoms with Crippen molar-refractivity contribution in [3.63, 3.8) is 0 Å². The van der Waals surface area contributed by atoms with Gasteiger partial charge in [0, 0.05) is 6.42 Å². The molecule has 0 unspecified atom stereocenters. The van der Waals surface area contributed by atoms with Crippen molar-refractivity contribution in [1.29, 1.82) is 0 Å². The Morgan fingerprint density at radius 1 is 0.868 bits per heavy atom. The van der Waals surface area contributed by atoms with Crippen LogP contribution in [0.15, 0.2) is 91.0 Å². The SMILES string of the molecule is CC(C)[C@H](NC(=O)COc1ccccc1)C(=O)N[C@@H](Cc1ccccc1)[C@@H](O)[C@@H]1O[C@H]1Cc1ccccc1. The standard InChI is InChI=1S/C31H36N2O5/c1-21(2)28(33-27(34)20-37-24-16-10-5-11-17-24)31(36)32-25(18-22-12-6-3-7-13-22)29(35)30-26(38-30)19-23-14-8-4-9-15-23/h3-17,21,25-26,28-30,35H,18-20H2,1-2H3,(H,32,36)(H,33,34)/t25-,26-,28-,29+,30+/m0/s1. The van der Waals surface area contributed by atoms with Crippen LogP contribution >= 0.6 is 0 Å². The number of carbonyl (C=O) groups excluding carboxylic acids is 2. The molecule has 38 heavy (non-hydrogen) atoms. The molecule has 1 heterocycles. The molecular weight excluding hydrogens is 480 g/mol. The Bertz CT molecular complexity index is 1160. The summed E-state index contributed by atoms with van der Waals surface area (Å²) in [6.07, 6.45) is -0.269. The Morgan fingerprint density at radius 3 is 2.05 bits per heavy atom. The highest BCUT2D eigenvalue weighted by Crippen LogP contribution is 2.31. The van der Waals surface area contributed by atoms with E-state index in [1.165, 1.54) is 0 Å². The van der Waals surface area contributed by atoms with Gasteiger partial charge < -0.3 is 25.2 Å². The van der Waals surface area contributed by atoms with E-state index in [0.29, 0.717) is 18.6 Å². The van der Waals surface area contributed by atoms with Crippen molar-refractivity contribution in [2.24, 2.45) is 5.92 Å². The number of ether oxygens (including phenoxy) is 2. The van der Waals surface area contributed by atoms with E-state index < -0.39 is 24.1 Å². The van der Waals surface area contributed by atoms with E-state index >= 15 is 0 Å². The van der Waals surface area contributed by atoms with Crippen molar-refractivity contribution in [2.75, 3.05) is 6.61 Å². The van der Waals surface area contributed by atoms with Gasteiger partial charge in [-0.3, -0.25) is 9.59 Å². The predicted molar refractivity (Wildman–Crippen MR) is 146 cm³/mol. The Kier molecular flexibility index (Phi) is 9.51. The Hall–Kier alpha value is -3.68. The van der Waals surface area contributed by atoms with Crippen molar-refractivity contribution in [2.45, 2.75) is 57.1 Å². The van der Waals surface area contributed by atoms with Gasteiger partial charge in [0.25, 0.3) is 5.91 Å². The molecule has 3 N–H and O–H groups in total. The van der Waals surface area contributed by atoms with E-state index in [-0.39, 0.29) is 30.6 Å². The average molecular weight is 517 g/mol. The molecule has 4 rings (SSSR count). The smallest absolute Gasteiger partial charge is 0.258 e. The zero-order chi connectivity index (χ0) is 26.9. The van der Waals surface area contributed by atoms with Crippen LogP contribution in [0.2, 0.25) is 0 Å². The molecule has 3 aromatic rings. The minimum absolute atomic E-state index is 0.113. The maximum Gasteiger partial charge on any atom is 0.258 e. The van der Waals surface area contributed by atoms with E-state index in [1.807, 2.05) is 92.7 Å². The van der Waals surface area contributed by atoms with Gasteiger partial charge in [-0.2, -0.15) is 0 Å². The molecule has 7 heteroatoms. The van der Waals surface area contributed by atoms with Gasteiger partial charge in [-0.15, -0.1) is 0 Å². The molecule has 0 saturated carbocycles. The average Bonchev–Trinajstić information content (AvgIpc) is 3.70. The van der Waals surface area contributed by atoms with Gasteiger partial charge in [-0.05, 0) is 35.6 Å². The third-order valence-electron chi connectivity index (χ3n) is 6.66. The summed E-state index contributed by atoms with van der Waals surface area (Å²) in [7, 11) is 0. The van der Waals surface area contributed by atoms with E-state index in [2.05, 4.69) is 10.6 Å². The first-order valence-electron chi connectivity index (χ1n) is 13.1. The van der Waals surface area contributed by atoms with Crippen molar-refractivity contribution < 1.29 is 24.2 Å². The number of epoxide rings is 1. The fourth-order valence-corrected chi connectivity index (χ4v) is 4.51. The molecule has 7 nitrogen and oxygen atoms in total. The summed E-state index contributed by atoms with van der Waals surface area (Å²) in [5, 5.41) is 17.1. The number of hydrogen-bond acceptors (Lipinski definition) is 5. The molecule has 2 amide bonds. The fourth-order valence-electron chi connectivity index (χ4n) is 4.51. The second-order valence-corrected chi connectivity index (χ2v) is 10.0. The van der Waals surface area contributed by atoms with Crippen molar-refractivity contribution in [1.82, 2.24) is 10.6 Å². The van der Waals surface area contributed by atoms with Gasteiger partial charge in [0.05, 0.1) is 12.1 Å². The summed E-state index contributed by atoms with van der Waals surface area (Å²) in [5.41, 5.74) is 2.12. The number of nitrogens with one attached hydrogen (secondary N) is 2. The lowest BCUT2D eigenvalue weighted by molar-refractivity contribution is -0.132. The molecule has 0 bridgehead atoms. The van der Waals surface area contributed by atoms with Crippen LogP contribution in [0.1, 0.15) is 25.0 Å². The molecule has 0 aromatic heterocycles. The van der Waals surface area contributed by atoms with Crippen LogP contribution in [0.3, 0.4) is 0 Å². The number of benzene rings is 3. The molecule has 0 aliphatic carbocycles. The Labute approximate surface area is 224 Å². The molecule has 0 spiro atoms.